The standard InChI is InChI=1S/C19H22BrN/c1-2-11-21-19(17-9-5-6-10-18(17)20)13-15-12-14-7-3-4-8-16(14)15/h3-10,15,19,21H,2,11-13H2,1H3. The third kappa shape index (κ3) is 3.22. The molecule has 0 saturated heterocycles. The van der Waals surface area contributed by atoms with Gasteiger partial charge < -0.3 is 5.32 Å². The second-order valence-electron chi connectivity index (χ2n) is 5.86. The number of hydrogen-bond donors (Lipinski definition) is 1. The summed E-state index contributed by atoms with van der Waals surface area (Å²) in [5.74, 6) is 0.697. The number of fused-ring (bicyclic) bond motifs is 1. The van der Waals surface area contributed by atoms with Crippen LogP contribution in [0.3, 0.4) is 0 Å². The molecule has 0 amide bonds. The highest BCUT2D eigenvalue weighted by atomic mass is 79.9. The first-order chi connectivity index (χ1) is 10.3. The van der Waals surface area contributed by atoms with Crippen LogP contribution in [0.15, 0.2) is 53.0 Å². The molecule has 2 heteroatoms. The first kappa shape index (κ1) is 14.8. The lowest BCUT2D eigenvalue weighted by Gasteiger charge is -2.34. The van der Waals surface area contributed by atoms with Crippen molar-refractivity contribution >= 4 is 15.9 Å². The molecule has 2 atom stereocenters. The van der Waals surface area contributed by atoms with Gasteiger partial charge in [0.1, 0.15) is 0 Å². The molecular formula is C19H22BrN. The molecule has 110 valence electrons. The molecule has 0 saturated carbocycles. The fourth-order valence-electron chi connectivity index (χ4n) is 3.25. The van der Waals surface area contributed by atoms with Crippen LogP contribution in [0.1, 0.15) is 48.4 Å². The molecule has 1 nitrogen and oxygen atoms in total. The fraction of sp³-hybridized carbons (Fsp3) is 0.368. The van der Waals surface area contributed by atoms with E-state index in [1.54, 1.807) is 5.56 Å². The van der Waals surface area contributed by atoms with E-state index in [-0.39, 0.29) is 0 Å². The van der Waals surface area contributed by atoms with E-state index in [1.165, 1.54) is 34.9 Å². The summed E-state index contributed by atoms with van der Waals surface area (Å²) in [4.78, 5) is 0. The second-order valence-corrected chi connectivity index (χ2v) is 6.72. The lowest BCUT2D eigenvalue weighted by molar-refractivity contribution is 0.427. The van der Waals surface area contributed by atoms with Gasteiger partial charge in [-0.3, -0.25) is 0 Å². The molecule has 0 aromatic heterocycles. The van der Waals surface area contributed by atoms with E-state index < -0.39 is 0 Å². The summed E-state index contributed by atoms with van der Waals surface area (Å²) in [7, 11) is 0. The van der Waals surface area contributed by atoms with Crippen LogP contribution < -0.4 is 5.32 Å². The third-order valence-electron chi connectivity index (χ3n) is 4.40. The number of rotatable bonds is 6. The molecular weight excluding hydrogens is 322 g/mol. The van der Waals surface area contributed by atoms with Gasteiger partial charge in [0.2, 0.25) is 0 Å². The van der Waals surface area contributed by atoms with E-state index in [1.807, 2.05) is 0 Å². The second kappa shape index (κ2) is 6.76. The van der Waals surface area contributed by atoms with Crippen molar-refractivity contribution in [3.8, 4) is 0 Å². The zero-order valence-corrected chi connectivity index (χ0v) is 14.1. The molecule has 0 aliphatic heterocycles. The van der Waals surface area contributed by atoms with Crippen LogP contribution in [-0.4, -0.2) is 6.54 Å². The first-order valence-electron chi connectivity index (χ1n) is 7.85. The van der Waals surface area contributed by atoms with Gasteiger partial charge in [0.05, 0.1) is 0 Å². The fourth-order valence-corrected chi connectivity index (χ4v) is 3.82. The lowest BCUT2D eigenvalue weighted by atomic mass is 9.74. The lowest BCUT2D eigenvalue weighted by Crippen LogP contribution is -2.28. The summed E-state index contributed by atoms with van der Waals surface area (Å²) in [6.45, 7) is 3.29. The monoisotopic (exact) mass is 343 g/mol. The van der Waals surface area contributed by atoms with E-state index in [4.69, 9.17) is 0 Å². The van der Waals surface area contributed by atoms with Crippen molar-refractivity contribution in [3.05, 3.63) is 69.7 Å². The van der Waals surface area contributed by atoms with Crippen LogP contribution in [0.2, 0.25) is 0 Å². The molecule has 1 aliphatic rings. The Morgan fingerprint density at radius 3 is 2.67 bits per heavy atom. The van der Waals surface area contributed by atoms with Crippen LogP contribution in [0.5, 0.6) is 0 Å². The van der Waals surface area contributed by atoms with Gasteiger partial charge in [0.15, 0.2) is 0 Å². The van der Waals surface area contributed by atoms with Crippen LogP contribution in [0, 0.1) is 0 Å². The smallest absolute Gasteiger partial charge is 0.0337 e. The Labute approximate surface area is 135 Å². The summed E-state index contributed by atoms with van der Waals surface area (Å²) in [5.41, 5.74) is 4.46. The average molecular weight is 344 g/mol. The zero-order valence-electron chi connectivity index (χ0n) is 12.5. The molecule has 2 unspecified atom stereocenters. The average Bonchev–Trinajstić information content (AvgIpc) is 2.49. The first-order valence-corrected chi connectivity index (χ1v) is 8.64. The number of benzene rings is 2. The maximum absolute atomic E-state index is 3.73. The van der Waals surface area contributed by atoms with Gasteiger partial charge >= 0.3 is 0 Å². The van der Waals surface area contributed by atoms with Gasteiger partial charge in [-0.1, -0.05) is 65.3 Å². The summed E-state index contributed by atoms with van der Waals surface area (Å²) < 4.78 is 1.21. The summed E-state index contributed by atoms with van der Waals surface area (Å²) >= 11 is 3.71. The SMILES string of the molecule is CCCNC(CC1Cc2ccccc21)c1ccccc1Br. The molecule has 0 fully saturated rings. The molecule has 2 aromatic carbocycles. The molecule has 0 bridgehead atoms. The van der Waals surface area contributed by atoms with Gasteiger partial charge in [-0.25, -0.2) is 0 Å². The molecule has 21 heavy (non-hydrogen) atoms. The molecule has 0 radical (unpaired) electrons. The molecule has 1 aliphatic carbocycles. The Balaban J connectivity index is 1.77. The summed E-state index contributed by atoms with van der Waals surface area (Å²) in [6.07, 6.45) is 3.58. The number of hydrogen-bond acceptors (Lipinski definition) is 1. The van der Waals surface area contributed by atoms with Crippen LogP contribution in [0.4, 0.5) is 0 Å². The van der Waals surface area contributed by atoms with Gasteiger partial charge in [-0.15, -0.1) is 0 Å². The van der Waals surface area contributed by atoms with Crippen molar-refractivity contribution in [2.45, 2.75) is 38.1 Å². The van der Waals surface area contributed by atoms with E-state index in [0.717, 1.165) is 6.54 Å². The molecule has 1 N–H and O–H groups in total. The summed E-state index contributed by atoms with van der Waals surface area (Å²) in [6, 6.07) is 17.9. The molecule has 2 aromatic rings. The number of nitrogens with one attached hydrogen (secondary N) is 1. The van der Waals surface area contributed by atoms with E-state index >= 15 is 0 Å². The van der Waals surface area contributed by atoms with Crippen molar-refractivity contribution in [1.29, 1.82) is 0 Å². The van der Waals surface area contributed by atoms with Gasteiger partial charge in [0, 0.05) is 10.5 Å². The Bertz CT molecular complexity index is 608. The van der Waals surface area contributed by atoms with Crippen molar-refractivity contribution in [3.63, 3.8) is 0 Å². The molecule has 0 spiro atoms. The van der Waals surface area contributed by atoms with Gasteiger partial charge in [-0.05, 0) is 54.5 Å². The zero-order chi connectivity index (χ0) is 14.7. The van der Waals surface area contributed by atoms with Gasteiger partial charge in [0.25, 0.3) is 0 Å². The quantitative estimate of drug-likeness (QED) is 0.758. The normalized spacial score (nSPS) is 17.9. The summed E-state index contributed by atoms with van der Waals surface area (Å²) in [5, 5.41) is 3.73. The third-order valence-corrected chi connectivity index (χ3v) is 5.12. The van der Waals surface area contributed by atoms with Crippen LogP contribution in [0.25, 0.3) is 0 Å². The number of halogens is 1. The predicted octanol–water partition coefficient (Wildman–Crippen LogP) is 5.22. The van der Waals surface area contributed by atoms with Crippen LogP contribution in [-0.2, 0) is 6.42 Å². The Morgan fingerprint density at radius 2 is 1.90 bits per heavy atom. The highest BCUT2D eigenvalue weighted by molar-refractivity contribution is 9.10. The Hall–Kier alpha value is -1.12. The minimum Gasteiger partial charge on any atom is -0.310 e. The van der Waals surface area contributed by atoms with E-state index in [9.17, 15) is 0 Å². The minimum atomic E-state index is 0.430. The van der Waals surface area contributed by atoms with Crippen molar-refractivity contribution in [1.82, 2.24) is 5.32 Å². The Morgan fingerprint density at radius 1 is 1.14 bits per heavy atom. The minimum absolute atomic E-state index is 0.430. The van der Waals surface area contributed by atoms with E-state index in [2.05, 4.69) is 76.7 Å². The van der Waals surface area contributed by atoms with Crippen molar-refractivity contribution in [2.75, 3.05) is 6.54 Å². The highest BCUT2D eigenvalue weighted by Crippen LogP contribution is 2.41. The maximum atomic E-state index is 3.73. The van der Waals surface area contributed by atoms with Gasteiger partial charge in [-0.2, -0.15) is 0 Å². The van der Waals surface area contributed by atoms with Crippen molar-refractivity contribution < 1.29 is 0 Å². The Kier molecular flexibility index (Phi) is 4.77. The van der Waals surface area contributed by atoms with Crippen molar-refractivity contribution in [2.24, 2.45) is 0 Å². The molecule has 3 rings (SSSR count). The van der Waals surface area contributed by atoms with E-state index in [0.29, 0.717) is 12.0 Å². The maximum Gasteiger partial charge on any atom is 0.0337 e. The predicted molar refractivity (Wildman–Crippen MR) is 92.7 cm³/mol. The topological polar surface area (TPSA) is 12.0 Å². The highest BCUT2D eigenvalue weighted by Gasteiger charge is 2.28. The largest absolute Gasteiger partial charge is 0.310 e. The van der Waals surface area contributed by atoms with Crippen LogP contribution >= 0.6 is 15.9 Å². The molecule has 0 heterocycles.